The molecular formula is C27H31NO4. The van der Waals surface area contributed by atoms with Gasteiger partial charge < -0.3 is 14.6 Å². The summed E-state index contributed by atoms with van der Waals surface area (Å²) in [6.45, 7) is 7.21. The van der Waals surface area contributed by atoms with Crippen LogP contribution in [0.25, 0.3) is 11.1 Å². The summed E-state index contributed by atoms with van der Waals surface area (Å²) in [7, 11) is 0. The highest BCUT2D eigenvalue weighted by atomic mass is 16.6. The quantitative estimate of drug-likeness (QED) is 0.701. The molecule has 5 nitrogen and oxygen atoms in total. The molecule has 0 radical (unpaired) electrons. The maximum absolute atomic E-state index is 13.3. The van der Waals surface area contributed by atoms with Gasteiger partial charge in [-0.15, -0.1) is 0 Å². The number of fused-ring (bicyclic) bond motifs is 5. The first kappa shape index (κ1) is 21.2. The molecule has 1 amide bonds. The van der Waals surface area contributed by atoms with E-state index in [-0.39, 0.29) is 24.1 Å². The summed E-state index contributed by atoms with van der Waals surface area (Å²) < 4.78 is 11.7. The smallest absolute Gasteiger partial charge is 0.410 e. The molecule has 2 heterocycles. The van der Waals surface area contributed by atoms with Crippen molar-refractivity contribution in [1.29, 1.82) is 0 Å². The average Bonchev–Trinajstić information content (AvgIpc) is 3.10. The third-order valence-electron chi connectivity index (χ3n) is 7.55. The van der Waals surface area contributed by atoms with Crippen LogP contribution in [0.1, 0.15) is 50.7 Å². The minimum atomic E-state index is -0.891. The van der Waals surface area contributed by atoms with E-state index in [1.807, 2.05) is 37.8 Å². The maximum atomic E-state index is 13.3. The van der Waals surface area contributed by atoms with Crippen LogP contribution < -0.4 is 0 Å². The third-order valence-corrected chi connectivity index (χ3v) is 7.55. The van der Waals surface area contributed by atoms with Crippen LogP contribution in [-0.2, 0) is 9.47 Å². The topological polar surface area (TPSA) is 59.0 Å². The van der Waals surface area contributed by atoms with Gasteiger partial charge >= 0.3 is 6.09 Å². The van der Waals surface area contributed by atoms with E-state index in [1.54, 1.807) is 0 Å². The molecule has 2 atom stereocenters. The third kappa shape index (κ3) is 3.44. The molecule has 2 aliphatic heterocycles. The number of carbonyl (C=O) groups is 1. The lowest BCUT2D eigenvalue weighted by molar-refractivity contribution is -0.120. The molecule has 2 bridgehead atoms. The lowest BCUT2D eigenvalue weighted by Crippen LogP contribution is -2.63. The molecule has 2 fully saturated rings. The Morgan fingerprint density at radius 3 is 2.06 bits per heavy atom. The molecule has 5 heteroatoms. The van der Waals surface area contributed by atoms with Gasteiger partial charge in [0.25, 0.3) is 0 Å². The fourth-order valence-corrected chi connectivity index (χ4v) is 5.71. The number of nitrogens with zero attached hydrogens (tertiary/aromatic N) is 1. The van der Waals surface area contributed by atoms with Crippen molar-refractivity contribution in [3.63, 3.8) is 0 Å². The van der Waals surface area contributed by atoms with Gasteiger partial charge in [-0.05, 0) is 48.6 Å². The number of amides is 1. The molecule has 5 rings (SSSR count). The number of hydrogen-bond acceptors (Lipinski definition) is 4. The monoisotopic (exact) mass is 433 g/mol. The average molecular weight is 434 g/mol. The molecule has 2 unspecified atom stereocenters. The van der Waals surface area contributed by atoms with Crippen LogP contribution in [0.5, 0.6) is 0 Å². The van der Waals surface area contributed by atoms with E-state index in [0.29, 0.717) is 32.7 Å². The van der Waals surface area contributed by atoms with Crippen LogP contribution in [0.3, 0.4) is 0 Å². The Balaban J connectivity index is 1.34. The summed E-state index contributed by atoms with van der Waals surface area (Å²) in [5.41, 5.74) is 6.08. The van der Waals surface area contributed by atoms with Gasteiger partial charge in [0.05, 0.1) is 30.9 Å². The van der Waals surface area contributed by atoms with Crippen LogP contribution in [0.15, 0.2) is 59.7 Å². The highest BCUT2D eigenvalue weighted by Crippen LogP contribution is 2.45. The Hall–Kier alpha value is -2.63. The zero-order valence-corrected chi connectivity index (χ0v) is 19.0. The van der Waals surface area contributed by atoms with Crippen molar-refractivity contribution in [2.24, 2.45) is 0 Å². The minimum Gasteiger partial charge on any atom is -0.448 e. The number of allylic oxidation sites excluding steroid dienone is 1. The summed E-state index contributed by atoms with van der Waals surface area (Å²) in [6.07, 6.45) is 0.650. The lowest BCUT2D eigenvalue weighted by Gasteiger charge is -2.51. The first-order valence-corrected chi connectivity index (χ1v) is 11.5. The molecule has 1 N–H and O–H groups in total. The van der Waals surface area contributed by atoms with E-state index in [0.717, 1.165) is 11.1 Å². The number of aliphatic hydroxyl groups is 1. The van der Waals surface area contributed by atoms with Gasteiger partial charge in [0.15, 0.2) is 0 Å². The predicted octanol–water partition coefficient (Wildman–Crippen LogP) is 4.89. The summed E-state index contributed by atoms with van der Waals surface area (Å²) in [5, 5.41) is 11.3. The van der Waals surface area contributed by atoms with Crippen molar-refractivity contribution < 1.29 is 19.4 Å². The molecule has 2 aromatic rings. The number of rotatable bonds is 3. The standard InChI is InChI=1S/C27H31NO4/c1-17(2)18(3)27(30)12-19-14-31-15-20(13-27)28(19)26(29)32-16-25-23-10-6-4-8-21(23)22-9-5-7-11-24(22)25/h4-11,19-20,25,30H,12-16H2,1-3H3. The first-order chi connectivity index (χ1) is 15.4. The molecule has 0 aromatic heterocycles. The number of ether oxygens (including phenoxy) is 2. The summed E-state index contributed by atoms with van der Waals surface area (Å²) >= 11 is 0. The van der Waals surface area contributed by atoms with E-state index in [2.05, 4.69) is 36.4 Å². The Morgan fingerprint density at radius 2 is 1.53 bits per heavy atom. The number of benzene rings is 2. The van der Waals surface area contributed by atoms with Crippen LogP contribution in [-0.4, -0.2) is 53.6 Å². The molecule has 2 saturated heterocycles. The van der Waals surface area contributed by atoms with Crippen molar-refractivity contribution in [3.8, 4) is 11.1 Å². The van der Waals surface area contributed by atoms with Crippen molar-refractivity contribution in [2.45, 2.75) is 57.2 Å². The number of hydrogen-bond donors (Lipinski definition) is 1. The normalized spacial score (nSPS) is 26.3. The van der Waals surface area contributed by atoms with E-state index >= 15 is 0 Å². The van der Waals surface area contributed by atoms with Crippen LogP contribution in [0, 0.1) is 0 Å². The molecule has 0 saturated carbocycles. The van der Waals surface area contributed by atoms with Gasteiger partial charge in [0, 0.05) is 18.8 Å². The van der Waals surface area contributed by atoms with Gasteiger partial charge in [-0.1, -0.05) is 54.1 Å². The van der Waals surface area contributed by atoms with E-state index < -0.39 is 5.60 Å². The predicted molar refractivity (Wildman–Crippen MR) is 124 cm³/mol. The minimum absolute atomic E-state index is 0.0390. The Labute approximate surface area is 189 Å². The van der Waals surface area contributed by atoms with Crippen LogP contribution >= 0.6 is 0 Å². The Kier molecular flexibility index (Phi) is 5.34. The van der Waals surface area contributed by atoms with Gasteiger partial charge in [-0.3, -0.25) is 4.90 Å². The molecule has 168 valence electrons. The van der Waals surface area contributed by atoms with Gasteiger partial charge in [0.2, 0.25) is 0 Å². The van der Waals surface area contributed by atoms with E-state index in [9.17, 15) is 9.90 Å². The second-order valence-corrected chi connectivity index (χ2v) is 9.62. The molecule has 2 aromatic carbocycles. The number of morpholine rings is 1. The fraction of sp³-hybridized carbons (Fsp3) is 0.444. The van der Waals surface area contributed by atoms with Gasteiger partial charge in [-0.25, -0.2) is 4.79 Å². The first-order valence-electron chi connectivity index (χ1n) is 11.5. The van der Waals surface area contributed by atoms with Crippen molar-refractivity contribution in [2.75, 3.05) is 19.8 Å². The van der Waals surface area contributed by atoms with Crippen LogP contribution in [0.4, 0.5) is 4.79 Å². The second kappa shape index (κ2) is 8.05. The zero-order valence-electron chi connectivity index (χ0n) is 19.0. The summed E-state index contributed by atoms with van der Waals surface area (Å²) in [4.78, 5) is 15.1. The summed E-state index contributed by atoms with van der Waals surface area (Å²) in [6, 6.07) is 16.3. The maximum Gasteiger partial charge on any atom is 0.410 e. The fourth-order valence-electron chi connectivity index (χ4n) is 5.71. The SMILES string of the molecule is CC(C)=C(C)C1(O)CC2COCC(C1)N2C(=O)OCC1c2ccccc2-c2ccccc21. The molecule has 3 aliphatic rings. The van der Waals surface area contributed by atoms with Crippen molar-refractivity contribution in [3.05, 3.63) is 70.8 Å². The van der Waals surface area contributed by atoms with E-state index in [4.69, 9.17) is 9.47 Å². The van der Waals surface area contributed by atoms with E-state index in [1.165, 1.54) is 22.3 Å². The lowest BCUT2D eigenvalue weighted by atomic mass is 9.76. The van der Waals surface area contributed by atoms with Gasteiger partial charge in [0.1, 0.15) is 6.61 Å². The molecular weight excluding hydrogens is 402 g/mol. The highest BCUT2D eigenvalue weighted by Gasteiger charge is 2.49. The molecule has 0 spiro atoms. The number of piperidine rings is 1. The zero-order chi connectivity index (χ0) is 22.5. The largest absolute Gasteiger partial charge is 0.448 e. The Morgan fingerprint density at radius 1 is 1.00 bits per heavy atom. The highest BCUT2D eigenvalue weighted by molar-refractivity contribution is 5.79. The number of carbonyl (C=O) groups excluding carboxylic acids is 1. The Bertz CT molecular complexity index is 1010. The summed E-state index contributed by atoms with van der Waals surface area (Å²) in [5.74, 6) is 0.0390. The van der Waals surface area contributed by atoms with Crippen molar-refractivity contribution in [1.82, 2.24) is 4.90 Å². The van der Waals surface area contributed by atoms with Gasteiger partial charge in [-0.2, -0.15) is 0 Å². The molecule has 1 aliphatic carbocycles. The van der Waals surface area contributed by atoms with Crippen LogP contribution in [0.2, 0.25) is 0 Å². The van der Waals surface area contributed by atoms with Crippen molar-refractivity contribution >= 4 is 6.09 Å². The molecule has 32 heavy (non-hydrogen) atoms. The second-order valence-electron chi connectivity index (χ2n) is 9.62.